The van der Waals surface area contributed by atoms with E-state index >= 15 is 0 Å². The quantitative estimate of drug-likeness (QED) is 0.392. The fraction of sp³-hybridized carbons (Fsp3) is 0.125. The average Bonchev–Trinajstić information content (AvgIpc) is 3.11. The van der Waals surface area contributed by atoms with Crippen LogP contribution in [0.4, 0.5) is 15.8 Å². The fourth-order valence-electron chi connectivity index (χ4n) is 2.17. The van der Waals surface area contributed by atoms with Crippen LogP contribution in [-0.2, 0) is 4.79 Å². The number of anilines is 1. The van der Waals surface area contributed by atoms with Crippen LogP contribution in [-0.4, -0.2) is 36.3 Å². The molecule has 1 N–H and O–H groups in total. The van der Waals surface area contributed by atoms with Gasteiger partial charge in [0.1, 0.15) is 0 Å². The minimum absolute atomic E-state index is 0.128. The second kappa shape index (κ2) is 7.91. The van der Waals surface area contributed by atoms with Crippen LogP contribution in [0.1, 0.15) is 6.92 Å². The van der Waals surface area contributed by atoms with Gasteiger partial charge < -0.3 is 5.32 Å². The Kier molecular flexibility index (Phi) is 5.41. The van der Waals surface area contributed by atoms with Gasteiger partial charge in [-0.15, -0.1) is 5.10 Å². The Morgan fingerprint density at radius 2 is 2.04 bits per heavy atom. The molecule has 11 heteroatoms. The van der Waals surface area contributed by atoms with Crippen molar-refractivity contribution >= 4 is 29.0 Å². The number of nitrogens with zero attached hydrogens (tertiary/aromatic N) is 5. The molecule has 0 bridgehead atoms. The van der Waals surface area contributed by atoms with Crippen LogP contribution in [0.5, 0.6) is 0 Å². The lowest BCUT2D eigenvalue weighted by Crippen LogP contribution is -2.23. The molecule has 0 aliphatic carbocycles. The number of amides is 1. The Morgan fingerprint density at radius 3 is 2.74 bits per heavy atom. The lowest BCUT2D eigenvalue weighted by Gasteiger charge is -2.11. The molecular weight excluding hydrogens is 375 g/mol. The van der Waals surface area contributed by atoms with E-state index in [1.807, 2.05) is 30.3 Å². The molecule has 1 heterocycles. The van der Waals surface area contributed by atoms with Crippen molar-refractivity contribution in [3.8, 4) is 5.69 Å². The zero-order valence-electron chi connectivity index (χ0n) is 13.9. The van der Waals surface area contributed by atoms with Crippen LogP contribution in [0, 0.1) is 15.9 Å². The van der Waals surface area contributed by atoms with Crippen molar-refractivity contribution in [3.63, 3.8) is 0 Å². The highest BCUT2D eigenvalue weighted by Gasteiger charge is 2.21. The van der Waals surface area contributed by atoms with Crippen molar-refractivity contribution in [3.05, 3.63) is 64.5 Å². The number of thioether (sulfide) groups is 1. The third-order valence-electron chi connectivity index (χ3n) is 3.50. The average molecular weight is 388 g/mol. The maximum absolute atomic E-state index is 13.4. The summed E-state index contributed by atoms with van der Waals surface area (Å²) < 4.78 is 14.9. The molecule has 1 atom stereocenters. The van der Waals surface area contributed by atoms with Gasteiger partial charge in [-0.1, -0.05) is 30.0 Å². The second-order valence-electron chi connectivity index (χ2n) is 5.38. The molecule has 27 heavy (non-hydrogen) atoms. The summed E-state index contributed by atoms with van der Waals surface area (Å²) in [5.41, 5.74) is 0.163. The molecule has 138 valence electrons. The summed E-state index contributed by atoms with van der Waals surface area (Å²) in [6.07, 6.45) is 0. The van der Waals surface area contributed by atoms with Crippen molar-refractivity contribution < 1.29 is 14.1 Å². The van der Waals surface area contributed by atoms with Gasteiger partial charge in [-0.3, -0.25) is 14.9 Å². The Bertz CT molecular complexity index is 981. The van der Waals surface area contributed by atoms with Crippen molar-refractivity contribution in [2.75, 3.05) is 5.32 Å². The lowest BCUT2D eigenvalue weighted by molar-refractivity contribution is -0.387. The number of carbonyl (C=O) groups is 1. The zero-order chi connectivity index (χ0) is 19.4. The number of para-hydroxylation sites is 1. The maximum atomic E-state index is 13.4. The molecule has 2 aromatic carbocycles. The van der Waals surface area contributed by atoms with E-state index in [-0.39, 0.29) is 5.69 Å². The van der Waals surface area contributed by atoms with E-state index in [0.29, 0.717) is 5.16 Å². The number of hydrogen-bond acceptors (Lipinski definition) is 7. The molecule has 0 aliphatic heterocycles. The topological polar surface area (TPSA) is 116 Å². The van der Waals surface area contributed by atoms with Crippen LogP contribution in [0.25, 0.3) is 5.69 Å². The molecule has 0 radical (unpaired) electrons. The van der Waals surface area contributed by atoms with Gasteiger partial charge in [0.05, 0.1) is 15.9 Å². The first-order valence-corrected chi connectivity index (χ1v) is 8.59. The van der Waals surface area contributed by atoms with E-state index in [0.717, 1.165) is 29.6 Å². The van der Waals surface area contributed by atoms with E-state index in [1.165, 1.54) is 10.7 Å². The first kappa shape index (κ1) is 18.5. The molecule has 1 amide bonds. The van der Waals surface area contributed by atoms with Gasteiger partial charge in [-0.2, -0.15) is 9.07 Å². The second-order valence-corrected chi connectivity index (χ2v) is 6.69. The predicted octanol–water partition coefficient (Wildman–Crippen LogP) is 2.83. The number of benzene rings is 2. The minimum atomic E-state index is -0.970. The van der Waals surface area contributed by atoms with Gasteiger partial charge in [0.15, 0.2) is 0 Å². The summed E-state index contributed by atoms with van der Waals surface area (Å²) in [5.74, 6) is -1.40. The van der Waals surface area contributed by atoms with Crippen molar-refractivity contribution in [1.29, 1.82) is 0 Å². The summed E-state index contributed by atoms with van der Waals surface area (Å²) >= 11 is 1.12. The molecule has 0 saturated carbocycles. The first-order valence-electron chi connectivity index (χ1n) is 7.71. The highest BCUT2D eigenvalue weighted by molar-refractivity contribution is 8.00. The minimum Gasteiger partial charge on any atom is -0.325 e. The summed E-state index contributed by atoms with van der Waals surface area (Å²) in [6, 6.07) is 12.3. The van der Waals surface area contributed by atoms with Gasteiger partial charge in [0, 0.05) is 11.8 Å². The van der Waals surface area contributed by atoms with E-state index in [1.54, 1.807) is 6.92 Å². The van der Waals surface area contributed by atoms with Crippen LogP contribution in [0.15, 0.2) is 53.7 Å². The Balaban J connectivity index is 1.72. The number of hydrogen-bond donors (Lipinski definition) is 1. The Morgan fingerprint density at radius 1 is 1.30 bits per heavy atom. The molecule has 0 aliphatic rings. The van der Waals surface area contributed by atoms with Crippen molar-refractivity contribution in [2.24, 2.45) is 0 Å². The van der Waals surface area contributed by atoms with Gasteiger partial charge in [0.2, 0.25) is 16.9 Å². The smallest absolute Gasteiger partial charge is 0.306 e. The monoisotopic (exact) mass is 388 g/mol. The number of rotatable bonds is 6. The van der Waals surface area contributed by atoms with Crippen LogP contribution in [0.2, 0.25) is 0 Å². The number of carbonyl (C=O) groups excluding carboxylic acids is 1. The highest BCUT2D eigenvalue weighted by atomic mass is 32.2. The SMILES string of the molecule is C[C@H](Sc1nnnn1-c1ccccc1)C(=O)Nc1ccc(F)c([N+](=O)[O-])c1. The molecule has 0 saturated heterocycles. The highest BCUT2D eigenvalue weighted by Crippen LogP contribution is 2.25. The van der Waals surface area contributed by atoms with E-state index < -0.39 is 27.6 Å². The van der Waals surface area contributed by atoms with E-state index in [2.05, 4.69) is 20.8 Å². The lowest BCUT2D eigenvalue weighted by atomic mass is 10.2. The number of nitrogens with one attached hydrogen (secondary N) is 1. The van der Waals surface area contributed by atoms with Crippen LogP contribution < -0.4 is 5.32 Å². The number of nitro groups is 1. The number of aromatic nitrogens is 4. The van der Waals surface area contributed by atoms with Crippen LogP contribution in [0.3, 0.4) is 0 Å². The number of halogens is 1. The van der Waals surface area contributed by atoms with Gasteiger partial charge in [-0.05, 0) is 41.6 Å². The molecule has 0 unspecified atom stereocenters. The largest absolute Gasteiger partial charge is 0.325 e. The van der Waals surface area contributed by atoms with Crippen LogP contribution >= 0.6 is 11.8 Å². The molecule has 9 nitrogen and oxygen atoms in total. The molecule has 3 rings (SSSR count). The number of tetrazole rings is 1. The molecule has 1 aromatic heterocycles. The summed E-state index contributed by atoms with van der Waals surface area (Å²) in [7, 11) is 0. The van der Waals surface area contributed by atoms with E-state index in [9.17, 15) is 19.3 Å². The summed E-state index contributed by atoms with van der Waals surface area (Å²) in [5, 5.41) is 24.6. The maximum Gasteiger partial charge on any atom is 0.306 e. The summed E-state index contributed by atoms with van der Waals surface area (Å²) in [4.78, 5) is 22.3. The normalized spacial score (nSPS) is 11.8. The van der Waals surface area contributed by atoms with Gasteiger partial charge in [0.25, 0.3) is 0 Å². The van der Waals surface area contributed by atoms with Crippen molar-refractivity contribution in [2.45, 2.75) is 17.3 Å². The third-order valence-corrected chi connectivity index (χ3v) is 4.54. The molecule has 0 spiro atoms. The Hall–Kier alpha value is -3.34. The first-order chi connectivity index (χ1) is 13.0. The third kappa shape index (κ3) is 4.26. The van der Waals surface area contributed by atoms with Gasteiger partial charge in [-0.25, -0.2) is 0 Å². The summed E-state index contributed by atoms with van der Waals surface area (Å²) in [6.45, 7) is 1.64. The number of nitro benzene ring substituents is 1. The Labute approximate surface area is 156 Å². The molecule has 0 fully saturated rings. The zero-order valence-corrected chi connectivity index (χ0v) is 14.8. The molecule has 3 aromatic rings. The van der Waals surface area contributed by atoms with E-state index in [4.69, 9.17) is 0 Å². The standard InChI is InChI=1S/C16H13FN6O3S/c1-10(15(24)18-11-7-8-13(17)14(9-11)23(25)26)27-16-19-20-21-22(16)12-5-3-2-4-6-12/h2-10H,1H3,(H,18,24)/t10-/m0/s1. The fourth-order valence-corrected chi connectivity index (χ4v) is 2.98. The van der Waals surface area contributed by atoms with Crippen molar-refractivity contribution in [1.82, 2.24) is 20.2 Å². The molecular formula is C16H13FN6O3S. The van der Waals surface area contributed by atoms with Gasteiger partial charge >= 0.3 is 5.69 Å². The predicted molar refractivity (Wildman–Crippen MR) is 96.2 cm³/mol.